The number of hydrogen-bond acceptors (Lipinski definition) is 2. The molecule has 3 nitrogen and oxygen atoms in total. The summed E-state index contributed by atoms with van der Waals surface area (Å²) in [5.74, 6) is -1.96. The fourth-order valence-corrected chi connectivity index (χ4v) is 2.35. The fourth-order valence-electron chi connectivity index (χ4n) is 2.35. The zero-order chi connectivity index (χ0) is 15.8. The van der Waals surface area contributed by atoms with Gasteiger partial charge in [0, 0.05) is 13.1 Å². The maximum absolute atomic E-state index is 13.7. The lowest BCUT2D eigenvalue weighted by Crippen LogP contribution is -2.45. The molecule has 0 aromatic heterocycles. The summed E-state index contributed by atoms with van der Waals surface area (Å²) in [6.07, 6.45) is -4.86. The molecule has 1 aliphatic rings. The molecule has 2 rings (SSSR count). The Bertz CT molecular complexity index is 544. The summed E-state index contributed by atoms with van der Waals surface area (Å²) in [5, 5.41) is 9.59. The summed E-state index contributed by atoms with van der Waals surface area (Å²) in [4.78, 5) is 13.5. The topological polar surface area (TPSA) is 40.5 Å². The van der Waals surface area contributed by atoms with Gasteiger partial charge in [-0.3, -0.25) is 4.79 Å². The summed E-state index contributed by atoms with van der Waals surface area (Å²) in [7, 11) is 0. The first-order chi connectivity index (χ1) is 9.70. The van der Waals surface area contributed by atoms with E-state index in [0.29, 0.717) is 24.6 Å². The number of nitrogens with zero attached hydrogens (tertiary/aromatic N) is 1. The number of aliphatic hydroxyl groups is 1. The molecule has 2 atom stereocenters. The number of carbonyl (C=O) groups is 1. The molecule has 0 spiro atoms. The van der Waals surface area contributed by atoms with Crippen molar-refractivity contribution >= 4 is 5.91 Å². The first kappa shape index (κ1) is 15.8. The van der Waals surface area contributed by atoms with E-state index in [-0.39, 0.29) is 19.0 Å². The Hall–Kier alpha value is -1.63. The maximum atomic E-state index is 13.7. The molecule has 1 aliphatic heterocycles. The molecule has 1 aromatic carbocycles. The average Bonchev–Trinajstić information content (AvgIpc) is 2.40. The molecule has 0 bridgehead atoms. The predicted octanol–water partition coefficient (Wildman–Crippen LogP) is 2.69. The van der Waals surface area contributed by atoms with Crippen LogP contribution in [0.1, 0.15) is 29.3 Å². The van der Waals surface area contributed by atoms with Crippen LogP contribution in [-0.4, -0.2) is 35.1 Å². The molecule has 1 saturated heterocycles. The standard InChI is InChI=1S/C14H15F4NO2/c1-8-7-19(5-4-12(8)20)13(21)10-6-9(14(16,17)18)2-3-11(10)15/h2-3,6,8,12,20H,4-5,7H2,1H3. The van der Waals surface area contributed by atoms with Crippen LogP contribution < -0.4 is 0 Å². The van der Waals surface area contributed by atoms with E-state index in [9.17, 15) is 27.5 Å². The molecule has 0 aliphatic carbocycles. The van der Waals surface area contributed by atoms with Crippen molar-refractivity contribution in [3.8, 4) is 0 Å². The van der Waals surface area contributed by atoms with Gasteiger partial charge in [-0.2, -0.15) is 13.2 Å². The van der Waals surface area contributed by atoms with E-state index in [1.54, 1.807) is 6.92 Å². The summed E-state index contributed by atoms with van der Waals surface area (Å²) < 4.78 is 51.6. The van der Waals surface area contributed by atoms with Crippen LogP contribution in [0, 0.1) is 11.7 Å². The van der Waals surface area contributed by atoms with Gasteiger partial charge in [0.25, 0.3) is 5.91 Å². The van der Waals surface area contributed by atoms with E-state index in [1.165, 1.54) is 4.90 Å². The van der Waals surface area contributed by atoms with Crippen molar-refractivity contribution in [1.29, 1.82) is 0 Å². The number of alkyl halides is 3. The van der Waals surface area contributed by atoms with E-state index in [1.807, 2.05) is 0 Å². The van der Waals surface area contributed by atoms with Gasteiger partial charge in [0.05, 0.1) is 17.2 Å². The van der Waals surface area contributed by atoms with Crippen molar-refractivity contribution < 1.29 is 27.5 Å². The molecule has 2 unspecified atom stereocenters. The van der Waals surface area contributed by atoms with Crippen LogP contribution in [-0.2, 0) is 6.18 Å². The van der Waals surface area contributed by atoms with E-state index in [4.69, 9.17) is 0 Å². The highest BCUT2D eigenvalue weighted by Crippen LogP contribution is 2.31. The first-order valence-electron chi connectivity index (χ1n) is 6.54. The molecule has 116 valence electrons. The lowest BCUT2D eigenvalue weighted by Gasteiger charge is -2.34. The minimum atomic E-state index is -4.63. The molecular formula is C14H15F4NO2. The number of carbonyl (C=O) groups excluding carboxylic acids is 1. The highest BCUT2D eigenvalue weighted by molar-refractivity contribution is 5.94. The van der Waals surface area contributed by atoms with Crippen molar-refractivity contribution in [2.75, 3.05) is 13.1 Å². The van der Waals surface area contributed by atoms with Gasteiger partial charge < -0.3 is 10.0 Å². The molecule has 1 amide bonds. The number of amides is 1. The number of piperidine rings is 1. The van der Waals surface area contributed by atoms with Crippen LogP contribution in [0.25, 0.3) is 0 Å². The Labute approximate surface area is 119 Å². The van der Waals surface area contributed by atoms with Crippen molar-refractivity contribution in [2.24, 2.45) is 5.92 Å². The minimum Gasteiger partial charge on any atom is -0.393 e. The Kier molecular flexibility index (Phi) is 4.22. The van der Waals surface area contributed by atoms with E-state index >= 15 is 0 Å². The van der Waals surface area contributed by atoms with Crippen LogP contribution in [0.15, 0.2) is 18.2 Å². The van der Waals surface area contributed by atoms with Gasteiger partial charge >= 0.3 is 6.18 Å². The average molecular weight is 305 g/mol. The van der Waals surface area contributed by atoms with E-state index < -0.39 is 35.1 Å². The van der Waals surface area contributed by atoms with Gasteiger partial charge in [-0.05, 0) is 30.5 Å². The zero-order valence-electron chi connectivity index (χ0n) is 11.3. The van der Waals surface area contributed by atoms with Crippen LogP contribution in [0.2, 0.25) is 0 Å². The molecule has 0 radical (unpaired) electrons. The Morgan fingerprint density at radius 3 is 2.62 bits per heavy atom. The quantitative estimate of drug-likeness (QED) is 0.810. The Morgan fingerprint density at radius 1 is 1.38 bits per heavy atom. The van der Waals surface area contributed by atoms with Crippen LogP contribution in [0.5, 0.6) is 0 Å². The lowest BCUT2D eigenvalue weighted by atomic mass is 9.96. The number of hydrogen-bond donors (Lipinski definition) is 1. The first-order valence-corrected chi connectivity index (χ1v) is 6.54. The highest BCUT2D eigenvalue weighted by Gasteiger charge is 2.34. The van der Waals surface area contributed by atoms with Crippen molar-refractivity contribution in [3.63, 3.8) is 0 Å². The SMILES string of the molecule is CC1CN(C(=O)c2cc(C(F)(F)F)ccc2F)CCC1O. The summed E-state index contributed by atoms with van der Waals surface area (Å²) in [5.41, 5.74) is -1.65. The summed E-state index contributed by atoms with van der Waals surface area (Å²) >= 11 is 0. The second-order valence-electron chi connectivity index (χ2n) is 5.28. The third kappa shape index (κ3) is 3.34. The molecule has 0 saturated carbocycles. The predicted molar refractivity (Wildman–Crippen MR) is 67.1 cm³/mol. The highest BCUT2D eigenvalue weighted by atomic mass is 19.4. The molecule has 1 heterocycles. The number of benzene rings is 1. The Balaban J connectivity index is 2.27. The number of likely N-dealkylation sites (tertiary alicyclic amines) is 1. The number of rotatable bonds is 1. The molecule has 1 aromatic rings. The number of halogens is 4. The smallest absolute Gasteiger partial charge is 0.393 e. The third-order valence-corrected chi connectivity index (χ3v) is 3.67. The monoisotopic (exact) mass is 305 g/mol. The largest absolute Gasteiger partial charge is 0.416 e. The van der Waals surface area contributed by atoms with Crippen molar-refractivity contribution in [2.45, 2.75) is 25.6 Å². The van der Waals surface area contributed by atoms with Crippen molar-refractivity contribution in [1.82, 2.24) is 4.90 Å². The van der Waals surface area contributed by atoms with Gasteiger partial charge in [0.1, 0.15) is 5.82 Å². The van der Waals surface area contributed by atoms with Gasteiger partial charge in [-0.1, -0.05) is 6.92 Å². The number of aliphatic hydroxyl groups excluding tert-OH is 1. The molecule has 7 heteroatoms. The fraction of sp³-hybridized carbons (Fsp3) is 0.500. The van der Waals surface area contributed by atoms with Gasteiger partial charge in [-0.15, -0.1) is 0 Å². The zero-order valence-corrected chi connectivity index (χ0v) is 11.3. The molecule has 1 fully saturated rings. The molecule has 1 N–H and O–H groups in total. The molecular weight excluding hydrogens is 290 g/mol. The molecule has 21 heavy (non-hydrogen) atoms. The van der Waals surface area contributed by atoms with E-state index in [0.717, 1.165) is 0 Å². The normalized spacial score (nSPS) is 23.2. The summed E-state index contributed by atoms with van der Waals surface area (Å²) in [6, 6.07) is 1.79. The van der Waals surface area contributed by atoms with Crippen LogP contribution >= 0.6 is 0 Å². The van der Waals surface area contributed by atoms with Crippen molar-refractivity contribution in [3.05, 3.63) is 35.1 Å². The second kappa shape index (κ2) is 5.63. The van der Waals surface area contributed by atoms with Gasteiger partial charge in [0.15, 0.2) is 0 Å². The maximum Gasteiger partial charge on any atom is 0.416 e. The van der Waals surface area contributed by atoms with Gasteiger partial charge in [-0.25, -0.2) is 4.39 Å². The van der Waals surface area contributed by atoms with Gasteiger partial charge in [0.2, 0.25) is 0 Å². The summed E-state index contributed by atoms with van der Waals surface area (Å²) in [6.45, 7) is 2.11. The third-order valence-electron chi connectivity index (χ3n) is 3.67. The lowest BCUT2D eigenvalue weighted by molar-refractivity contribution is -0.137. The Morgan fingerprint density at radius 2 is 2.05 bits per heavy atom. The second-order valence-corrected chi connectivity index (χ2v) is 5.28. The van der Waals surface area contributed by atoms with E-state index in [2.05, 4.69) is 0 Å². The van der Waals surface area contributed by atoms with Crippen LogP contribution in [0.3, 0.4) is 0 Å². The minimum absolute atomic E-state index is 0.190. The van der Waals surface area contributed by atoms with Crippen LogP contribution in [0.4, 0.5) is 17.6 Å².